The van der Waals surface area contributed by atoms with Crippen LogP contribution < -0.4 is 10.6 Å². The highest BCUT2D eigenvalue weighted by Gasteiger charge is 2.11. The summed E-state index contributed by atoms with van der Waals surface area (Å²) in [6.45, 7) is 6.85. The van der Waals surface area contributed by atoms with Crippen molar-refractivity contribution in [3.8, 4) is 0 Å². The average molecular weight is 249 g/mol. The summed E-state index contributed by atoms with van der Waals surface area (Å²) < 4.78 is 0. The molecule has 0 saturated heterocycles. The number of hydrogen-bond acceptors (Lipinski definition) is 2. The lowest BCUT2D eigenvalue weighted by Gasteiger charge is -2.10. The van der Waals surface area contributed by atoms with Gasteiger partial charge in [-0.3, -0.25) is 9.59 Å². The Kier molecular flexibility index (Phi) is 7.99. The molecule has 0 spiro atoms. The van der Waals surface area contributed by atoms with Gasteiger partial charge in [-0.15, -0.1) is 11.6 Å². The Balaban J connectivity index is 3.58. The van der Waals surface area contributed by atoms with E-state index in [1.165, 1.54) is 0 Å². The summed E-state index contributed by atoms with van der Waals surface area (Å²) in [7, 11) is 0. The van der Waals surface area contributed by atoms with Crippen LogP contribution in [0.25, 0.3) is 0 Å². The van der Waals surface area contributed by atoms with E-state index >= 15 is 0 Å². The summed E-state index contributed by atoms with van der Waals surface area (Å²) >= 11 is 5.53. The van der Waals surface area contributed by atoms with Gasteiger partial charge in [0.2, 0.25) is 11.8 Å². The van der Waals surface area contributed by atoms with E-state index in [9.17, 15) is 9.59 Å². The van der Waals surface area contributed by atoms with Crippen molar-refractivity contribution >= 4 is 23.4 Å². The van der Waals surface area contributed by atoms with Crippen LogP contribution in [0.3, 0.4) is 0 Å². The molecule has 1 atom stereocenters. The van der Waals surface area contributed by atoms with Crippen LogP contribution in [-0.4, -0.2) is 30.8 Å². The van der Waals surface area contributed by atoms with Gasteiger partial charge in [0.15, 0.2) is 0 Å². The van der Waals surface area contributed by atoms with Crippen molar-refractivity contribution in [1.29, 1.82) is 0 Å². The summed E-state index contributed by atoms with van der Waals surface area (Å²) in [6, 6.07) is 0. The average Bonchev–Trinajstić information content (AvgIpc) is 2.24. The van der Waals surface area contributed by atoms with E-state index in [1.54, 1.807) is 6.92 Å². The second-order valence-electron chi connectivity index (χ2n) is 4.29. The number of halogens is 1. The minimum atomic E-state index is -0.208. The highest BCUT2D eigenvalue weighted by Crippen LogP contribution is 1.97. The van der Waals surface area contributed by atoms with Crippen LogP contribution in [-0.2, 0) is 9.59 Å². The molecule has 0 rings (SSSR count). The van der Waals surface area contributed by atoms with Gasteiger partial charge in [0.05, 0.1) is 0 Å². The van der Waals surface area contributed by atoms with E-state index in [1.807, 2.05) is 13.8 Å². The Bertz CT molecular complexity index is 232. The molecule has 0 aliphatic rings. The Morgan fingerprint density at radius 1 is 1.19 bits per heavy atom. The highest BCUT2D eigenvalue weighted by atomic mass is 35.5. The first-order valence-corrected chi connectivity index (χ1v) is 6.11. The second-order valence-corrected chi connectivity index (χ2v) is 4.60. The lowest BCUT2D eigenvalue weighted by molar-refractivity contribution is -0.124. The Labute approximate surface area is 102 Å². The van der Waals surface area contributed by atoms with Crippen LogP contribution in [0.1, 0.15) is 27.2 Å². The molecular weight excluding hydrogens is 228 g/mol. The summed E-state index contributed by atoms with van der Waals surface area (Å²) in [5.74, 6) is 0.389. The third-order valence-corrected chi connectivity index (χ3v) is 2.50. The summed E-state index contributed by atoms with van der Waals surface area (Å²) in [5, 5.41) is 5.45. The van der Waals surface area contributed by atoms with E-state index in [-0.39, 0.29) is 17.7 Å². The predicted octanol–water partition coefficient (Wildman–Crippen LogP) is 1.14. The number of alkyl halides is 1. The molecule has 0 saturated carbocycles. The molecule has 2 amide bonds. The van der Waals surface area contributed by atoms with Gasteiger partial charge in [-0.2, -0.15) is 0 Å². The number of carbonyl (C=O) groups is 2. The van der Waals surface area contributed by atoms with Crippen molar-refractivity contribution in [2.45, 2.75) is 27.2 Å². The number of rotatable bonds is 7. The van der Waals surface area contributed by atoms with E-state index in [4.69, 9.17) is 11.6 Å². The molecular formula is C11H21ClN2O2. The molecule has 5 heteroatoms. The number of carbonyl (C=O) groups excluding carboxylic acids is 2. The topological polar surface area (TPSA) is 58.2 Å². The molecule has 16 heavy (non-hydrogen) atoms. The lowest BCUT2D eigenvalue weighted by Crippen LogP contribution is -2.34. The molecule has 0 bridgehead atoms. The van der Waals surface area contributed by atoms with E-state index in [0.29, 0.717) is 31.3 Å². The lowest BCUT2D eigenvalue weighted by atomic mass is 10.2. The van der Waals surface area contributed by atoms with Gasteiger partial charge >= 0.3 is 0 Å². The van der Waals surface area contributed by atoms with E-state index in [2.05, 4.69) is 10.6 Å². The van der Waals surface area contributed by atoms with Gasteiger partial charge in [0.25, 0.3) is 0 Å². The minimum Gasteiger partial charge on any atom is -0.356 e. The van der Waals surface area contributed by atoms with Crippen molar-refractivity contribution in [1.82, 2.24) is 10.6 Å². The molecule has 0 aromatic heterocycles. The van der Waals surface area contributed by atoms with Crippen LogP contribution in [0, 0.1) is 11.8 Å². The largest absolute Gasteiger partial charge is 0.356 e. The maximum atomic E-state index is 11.3. The van der Waals surface area contributed by atoms with Gasteiger partial charge in [-0.05, 0) is 5.92 Å². The van der Waals surface area contributed by atoms with Crippen molar-refractivity contribution in [2.75, 3.05) is 19.0 Å². The molecule has 0 fully saturated rings. The number of nitrogens with one attached hydrogen (secondary N) is 2. The molecule has 4 nitrogen and oxygen atoms in total. The van der Waals surface area contributed by atoms with Crippen LogP contribution in [0.4, 0.5) is 0 Å². The van der Waals surface area contributed by atoms with Gasteiger partial charge in [-0.1, -0.05) is 20.8 Å². The highest BCUT2D eigenvalue weighted by molar-refractivity contribution is 6.19. The predicted molar refractivity (Wildman–Crippen MR) is 65.4 cm³/mol. The first kappa shape index (κ1) is 15.2. The second kappa shape index (κ2) is 8.39. The normalized spacial score (nSPS) is 12.3. The van der Waals surface area contributed by atoms with Gasteiger partial charge in [0, 0.05) is 31.3 Å². The number of hydrogen-bond donors (Lipinski definition) is 2. The Morgan fingerprint density at radius 3 is 2.31 bits per heavy atom. The standard InChI is InChI=1S/C11H21ClN2O2/c1-8(2)7-14-10(15)4-5-13-11(16)9(3)6-12/h8-9H,4-7H2,1-3H3,(H,13,16)(H,14,15). The van der Waals surface area contributed by atoms with Crippen molar-refractivity contribution < 1.29 is 9.59 Å². The van der Waals surface area contributed by atoms with Gasteiger partial charge in [-0.25, -0.2) is 0 Å². The third-order valence-electron chi connectivity index (χ3n) is 2.04. The zero-order chi connectivity index (χ0) is 12.6. The van der Waals surface area contributed by atoms with Crippen molar-refractivity contribution in [2.24, 2.45) is 11.8 Å². The van der Waals surface area contributed by atoms with Crippen LogP contribution in [0.15, 0.2) is 0 Å². The fourth-order valence-corrected chi connectivity index (χ4v) is 1.09. The first-order chi connectivity index (χ1) is 7.47. The van der Waals surface area contributed by atoms with Crippen molar-refractivity contribution in [3.63, 3.8) is 0 Å². The molecule has 0 heterocycles. The monoisotopic (exact) mass is 248 g/mol. The molecule has 0 aromatic carbocycles. The molecule has 94 valence electrons. The number of amides is 2. The molecule has 2 N–H and O–H groups in total. The molecule has 0 aliphatic carbocycles. The maximum Gasteiger partial charge on any atom is 0.224 e. The quantitative estimate of drug-likeness (QED) is 0.664. The first-order valence-electron chi connectivity index (χ1n) is 5.57. The van der Waals surface area contributed by atoms with Gasteiger partial charge < -0.3 is 10.6 Å². The fourth-order valence-electron chi connectivity index (χ4n) is 0.950. The van der Waals surface area contributed by atoms with E-state index < -0.39 is 0 Å². The third kappa shape index (κ3) is 7.51. The van der Waals surface area contributed by atoms with E-state index in [0.717, 1.165) is 0 Å². The van der Waals surface area contributed by atoms with Crippen LogP contribution >= 0.6 is 11.6 Å². The van der Waals surface area contributed by atoms with Crippen LogP contribution in [0.2, 0.25) is 0 Å². The SMILES string of the molecule is CC(C)CNC(=O)CCNC(=O)C(C)CCl. The zero-order valence-corrected chi connectivity index (χ0v) is 10.9. The smallest absolute Gasteiger partial charge is 0.224 e. The maximum absolute atomic E-state index is 11.3. The van der Waals surface area contributed by atoms with Gasteiger partial charge in [0.1, 0.15) is 0 Å². The summed E-state index contributed by atoms with van der Waals surface area (Å²) in [4.78, 5) is 22.6. The Hall–Kier alpha value is -0.770. The fraction of sp³-hybridized carbons (Fsp3) is 0.818. The molecule has 0 aromatic rings. The molecule has 0 aliphatic heterocycles. The minimum absolute atomic E-state index is 0.0347. The zero-order valence-electron chi connectivity index (χ0n) is 10.2. The summed E-state index contributed by atoms with van der Waals surface area (Å²) in [5.41, 5.74) is 0. The Morgan fingerprint density at radius 2 is 1.81 bits per heavy atom. The molecule has 1 unspecified atom stereocenters. The van der Waals surface area contributed by atoms with Crippen molar-refractivity contribution in [3.05, 3.63) is 0 Å². The molecule has 0 radical (unpaired) electrons. The van der Waals surface area contributed by atoms with Crippen LogP contribution in [0.5, 0.6) is 0 Å². The summed E-state index contributed by atoms with van der Waals surface area (Å²) in [6.07, 6.45) is 0.313.